The van der Waals surface area contributed by atoms with Crippen molar-refractivity contribution in [2.75, 3.05) is 20.1 Å². The van der Waals surface area contributed by atoms with Crippen molar-refractivity contribution in [2.45, 2.75) is 64.3 Å². The molecule has 2 fully saturated rings. The average Bonchev–Trinajstić information content (AvgIpc) is 2.74. The summed E-state index contributed by atoms with van der Waals surface area (Å²) in [6.07, 6.45) is 2.33. The number of rotatable bonds is 4. The van der Waals surface area contributed by atoms with Gasteiger partial charge in [0.1, 0.15) is 5.75 Å². The van der Waals surface area contributed by atoms with Gasteiger partial charge in [-0.3, -0.25) is 0 Å². The van der Waals surface area contributed by atoms with Crippen molar-refractivity contribution in [3.05, 3.63) is 23.8 Å². The van der Waals surface area contributed by atoms with Crippen molar-refractivity contribution in [1.82, 2.24) is 10.2 Å². The third kappa shape index (κ3) is 4.19. The molecule has 2 aliphatic heterocycles. The topological polar surface area (TPSA) is 54.0 Å². The number of hydrogen-bond acceptors (Lipinski definition) is 5. The highest BCUT2D eigenvalue weighted by molar-refractivity contribution is 6.62. The second-order valence-corrected chi connectivity index (χ2v) is 8.48. The second-order valence-electron chi connectivity index (χ2n) is 8.48. The Morgan fingerprint density at radius 1 is 1.12 bits per heavy atom. The van der Waals surface area contributed by atoms with Crippen LogP contribution in [0.15, 0.2) is 18.2 Å². The molecule has 0 amide bonds. The van der Waals surface area contributed by atoms with Gasteiger partial charge in [0.15, 0.2) is 0 Å². The lowest BCUT2D eigenvalue weighted by Gasteiger charge is -2.32. The standard InChI is InChI=1S/C19H31BN2O3/c1-18(2)19(3,4)25-20(24-18)15-10-14(11-17(23)12-15)13-21-16-6-8-22(5)9-7-16/h10-12,16,21,23H,6-9,13H2,1-5H3. The molecule has 2 N–H and O–H groups in total. The molecule has 0 aliphatic carbocycles. The van der Waals surface area contributed by atoms with Gasteiger partial charge in [0.05, 0.1) is 11.2 Å². The number of nitrogens with one attached hydrogen (secondary N) is 1. The van der Waals surface area contributed by atoms with Crippen LogP contribution in [0.4, 0.5) is 0 Å². The number of benzene rings is 1. The number of nitrogens with zero attached hydrogens (tertiary/aromatic N) is 1. The van der Waals surface area contributed by atoms with E-state index in [4.69, 9.17) is 9.31 Å². The molecule has 6 heteroatoms. The van der Waals surface area contributed by atoms with Gasteiger partial charge in [-0.05, 0) is 83.8 Å². The Morgan fingerprint density at radius 3 is 2.32 bits per heavy atom. The number of phenolic OH excluding ortho intramolecular Hbond substituents is 1. The Bertz CT molecular complexity index is 597. The fourth-order valence-electron chi connectivity index (χ4n) is 3.39. The fraction of sp³-hybridized carbons (Fsp3) is 0.684. The normalized spacial score (nSPS) is 24.0. The van der Waals surface area contributed by atoms with E-state index in [1.165, 1.54) is 12.8 Å². The van der Waals surface area contributed by atoms with Gasteiger partial charge in [-0.25, -0.2) is 0 Å². The van der Waals surface area contributed by atoms with Crippen LogP contribution in [0.1, 0.15) is 46.1 Å². The van der Waals surface area contributed by atoms with Crippen LogP contribution < -0.4 is 10.8 Å². The Balaban J connectivity index is 1.67. The molecular weight excluding hydrogens is 315 g/mol. The summed E-state index contributed by atoms with van der Waals surface area (Å²) in [6.45, 7) is 11.2. The minimum absolute atomic E-state index is 0.257. The van der Waals surface area contributed by atoms with E-state index in [1.807, 2.05) is 33.8 Å². The first-order valence-corrected chi connectivity index (χ1v) is 9.27. The highest BCUT2D eigenvalue weighted by atomic mass is 16.7. The van der Waals surface area contributed by atoms with E-state index < -0.39 is 7.12 Å². The molecule has 25 heavy (non-hydrogen) atoms. The number of likely N-dealkylation sites (tertiary alicyclic amines) is 1. The molecule has 0 aromatic heterocycles. The number of phenols is 1. The van der Waals surface area contributed by atoms with Gasteiger partial charge in [-0.15, -0.1) is 0 Å². The first-order chi connectivity index (χ1) is 11.7. The van der Waals surface area contributed by atoms with Crippen molar-refractivity contribution >= 4 is 12.6 Å². The van der Waals surface area contributed by atoms with Crippen LogP contribution in [-0.4, -0.2) is 54.5 Å². The van der Waals surface area contributed by atoms with E-state index in [9.17, 15) is 5.11 Å². The monoisotopic (exact) mass is 346 g/mol. The van der Waals surface area contributed by atoms with Crippen LogP contribution in [0.25, 0.3) is 0 Å². The zero-order chi connectivity index (χ0) is 18.2. The van der Waals surface area contributed by atoms with Crippen LogP contribution in [-0.2, 0) is 15.9 Å². The molecule has 0 radical (unpaired) electrons. The summed E-state index contributed by atoms with van der Waals surface area (Å²) in [5, 5.41) is 13.8. The molecule has 3 rings (SSSR count). The van der Waals surface area contributed by atoms with Crippen LogP contribution >= 0.6 is 0 Å². The van der Waals surface area contributed by atoms with Crippen LogP contribution in [0, 0.1) is 0 Å². The SMILES string of the molecule is CN1CCC(NCc2cc(O)cc(B3OC(C)(C)C(C)(C)O3)c2)CC1. The van der Waals surface area contributed by atoms with Crippen molar-refractivity contribution in [3.63, 3.8) is 0 Å². The molecular formula is C19H31BN2O3. The van der Waals surface area contributed by atoms with Gasteiger partial charge in [-0.1, -0.05) is 6.07 Å². The van der Waals surface area contributed by atoms with E-state index in [0.717, 1.165) is 30.7 Å². The van der Waals surface area contributed by atoms with E-state index in [1.54, 1.807) is 6.07 Å². The largest absolute Gasteiger partial charge is 0.508 e. The van der Waals surface area contributed by atoms with Gasteiger partial charge < -0.3 is 24.6 Å². The first-order valence-electron chi connectivity index (χ1n) is 9.27. The molecule has 2 saturated heterocycles. The summed E-state index contributed by atoms with van der Waals surface area (Å²) >= 11 is 0. The fourth-order valence-corrected chi connectivity index (χ4v) is 3.39. The van der Waals surface area contributed by atoms with Gasteiger partial charge in [0.2, 0.25) is 0 Å². The molecule has 138 valence electrons. The third-order valence-corrected chi connectivity index (χ3v) is 5.84. The molecule has 0 bridgehead atoms. The van der Waals surface area contributed by atoms with Crippen LogP contribution in [0.5, 0.6) is 5.75 Å². The van der Waals surface area contributed by atoms with E-state index in [2.05, 4.69) is 23.3 Å². The highest BCUT2D eigenvalue weighted by Gasteiger charge is 2.51. The van der Waals surface area contributed by atoms with Gasteiger partial charge in [-0.2, -0.15) is 0 Å². The predicted octanol–water partition coefficient (Wildman–Crippen LogP) is 1.88. The third-order valence-electron chi connectivity index (χ3n) is 5.84. The summed E-state index contributed by atoms with van der Waals surface area (Å²) in [6, 6.07) is 6.17. The molecule has 1 aromatic rings. The van der Waals surface area contributed by atoms with E-state index in [0.29, 0.717) is 6.04 Å². The van der Waals surface area contributed by atoms with Crippen molar-refractivity contribution < 1.29 is 14.4 Å². The minimum Gasteiger partial charge on any atom is -0.508 e. The molecule has 0 spiro atoms. The highest BCUT2D eigenvalue weighted by Crippen LogP contribution is 2.36. The number of piperidine rings is 1. The molecule has 0 atom stereocenters. The Hall–Kier alpha value is -1.08. The summed E-state index contributed by atoms with van der Waals surface area (Å²) in [7, 11) is 1.72. The molecule has 2 aliphatic rings. The average molecular weight is 346 g/mol. The molecule has 0 unspecified atom stereocenters. The number of aromatic hydroxyl groups is 1. The van der Waals surface area contributed by atoms with Crippen LogP contribution in [0.2, 0.25) is 0 Å². The van der Waals surface area contributed by atoms with Gasteiger partial charge in [0, 0.05) is 12.6 Å². The quantitative estimate of drug-likeness (QED) is 0.816. The van der Waals surface area contributed by atoms with Gasteiger partial charge in [0.25, 0.3) is 0 Å². The molecule has 0 saturated carbocycles. The maximum Gasteiger partial charge on any atom is 0.494 e. The zero-order valence-corrected chi connectivity index (χ0v) is 16.1. The minimum atomic E-state index is -0.445. The van der Waals surface area contributed by atoms with Crippen molar-refractivity contribution in [1.29, 1.82) is 0 Å². The van der Waals surface area contributed by atoms with Crippen molar-refractivity contribution in [3.8, 4) is 5.75 Å². The predicted molar refractivity (Wildman–Crippen MR) is 101 cm³/mol. The molecule has 1 aromatic carbocycles. The zero-order valence-electron chi connectivity index (χ0n) is 16.1. The Labute approximate surface area is 151 Å². The first kappa shape index (κ1) is 18.7. The summed E-state index contributed by atoms with van der Waals surface area (Å²) in [4.78, 5) is 2.36. The lowest BCUT2D eigenvalue weighted by molar-refractivity contribution is 0.00578. The Kier molecular flexibility index (Phi) is 5.17. The van der Waals surface area contributed by atoms with Crippen LogP contribution in [0.3, 0.4) is 0 Å². The summed E-state index contributed by atoms with van der Waals surface area (Å²) in [5.74, 6) is 0.257. The molecule has 2 heterocycles. The Morgan fingerprint density at radius 2 is 1.72 bits per heavy atom. The summed E-state index contributed by atoms with van der Waals surface area (Å²) < 4.78 is 12.2. The van der Waals surface area contributed by atoms with E-state index >= 15 is 0 Å². The van der Waals surface area contributed by atoms with Gasteiger partial charge >= 0.3 is 7.12 Å². The van der Waals surface area contributed by atoms with E-state index in [-0.39, 0.29) is 17.0 Å². The maximum absolute atomic E-state index is 10.1. The smallest absolute Gasteiger partial charge is 0.494 e. The maximum atomic E-state index is 10.1. The van der Waals surface area contributed by atoms with Crippen molar-refractivity contribution in [2.24, 2.45) is 0 Å². The lowest BCUT2D eigenvalue weighted by Crippen LogP contribution is -2.41. The molecule has 5 nitrogen and oxygen atoms in total. The lowest BCUT2D eigenvalue weighted by atomic mass is 9.78. The summed E-state index contributed by atoms with van der Waals surface area (Å²) in [5.41, 5.74) is 1.17. The second kappa shape index (κ2) is 6.91. The number of hydrogen-bond donors (Lipinski definition) is 2.